The average molecular weight is 329 g/mol. The Labute approximate surface area is 130 Å². The van der Waals surface area contributed by atoms with Gasteiger partial charge in [-0.25, -0.2) is 23.5 Å². The van der Waals surface area contributed by atoms with Gasteiger partial charge in [0.25, 0.3) is 5.91 Å². The van der Waals surface area contributed by atoms with E-state index in [2.05, 4.69) is 0 Å². The molecule has 128 valence electrons. The number of ether oxygens (including phenoxy) is 4. The lowest BCUT2D eigenvalue weighted by molar-refractivity contribution is -0.295. The molecule has 2 fully saturated rings. The SMILES string of the molecule is CCOC(OC)(C1CO1)n1c(=O)n(C)c(=O)n(CC2CO2)c1=O. The molecule has 3 heterocycles. The molecule has 0 amide bonds. The molecule has 0 aromatic carbocycles. The van der Waals surface area contributed by atoms with E-state index in [0.29, 0.717) is 6.61 Å². The molecule has 2 aliphatic rings. The van der Waals surface area contributed by atoms with Crippen molar-refractivity contribution >= 4 is 0 Å². The molecule has 1 aromatic rings. The van der Waals surface area contributed by atoms with Crippen molar-refractivity contribution in [3.63, 3.8) is 0 Å². The lowest BCUT2D eigenvalue weighted by atomic mass is 10.3. The predicted molar refractivity (Wildman–Crippen MR) is 76.3 cm³/mol. The number of aromatic nitrogens is 3. The van der Waals surface area contributed by atoms with E-state index in [-0.39, 0.29) is 25.9 Å². The van der Waals surface area contributed by atoms with E-state index in [4.69, 9.17) is 18.9 Å². The first-order valence-electron chi connectivity index (χ1n) is 7.32. The lowest BCUT2D eigenvalue weighted by Crippen LogP contribution is -2.63. The summed E-state index contributed by atoms with van der Waals surface area (Å²) in [5.41, 5.74) is -2.33. The Morgan fingerprint density at radius 1 is 1.17 bits per heavy atom. The van der Waals surface area contributed by atoms with Crippen molar-refractivity contribution in [2.75, 3.05) is 26.9 Å². The van der Waals surface area contributed by atoms with Gasteiger partial charge in [-0.05, 0) is 6.92 Å². The molecule has 3 unspecified atom stereocenters. The van der Waals surface area contributed by atoms with Crippen LogP contribution in [0.15, 0.2) is 14.4 Å². The van der Waals surface area contributed by atoms with Crippen LogP contribution in [0, 0.1) is 0 Å². The number of hydrogen-bond donors (Lipinski definition) is 0. The van der Waals surface area contributed by atoms with Crippen molar-refractivity contribution in [2.24, 2.45) is 7.05 Å². The number of methoxy groups -OCH3 is 1. The highest BCUT2D eigenvalue weighted by Gasteiger charge is 2.53. The number of nitrogens with zero attached hydrogens (tertiary/aromatic N) is 3. The molecule has 3 rings (SSSR count). The Kier molecular flexibility index (Phi) is 4.00. The molecule has 0 spiro atoms. The van der Waals surface area contributed by atoms with Crippen LogP contribution in [0.1, 0.15) is 6.92 Å². The molecule has 23 heavy (non-hydrogen) atoms. The van der Waals surface area contributed by atoms with Crippen molar-refractivity contribution in [3.05, 3.63) is 31.5 Å². The topological polar surface area (TPSA) is 110 Å². The van der Waals surface area contributed by atoms with Gasteiger partial charge in [0, 0.05) is 20.8 Å². The van der Waals surface area contributed by atoms with Crippen LogP contribution in [-0.4, -0.2) is 52.8 Å². The van der Waals surface area contributed by atoms with Crippen LogP contribution in [0.25, 0.3) is 0 Å². The van der Waals surface area contributed by atoms with Gasteiger partial charge in [0.05, 0.1) is 25.9 Å². The van der Waals surface area contributed by atoms with Crippen molar-refractivity contribution in [1.29, 1.82) is 0 Å². The maximum atomic E-state index is 12.8. The van der Waals surface area contributed by atoms with E-state index < -0.39 is 29.1 Å². The van der Waals surface area contributed by atoms with E-state index in [1.54, 1.807) is 6.92 Å². The predicted octanol–water partition coefficient (Wildman–Crippen LogP) is -2.20. The molecule has 3 atom stereocenters. The minimum absolute atomic E-state index is 0.0726. The van der Waals surface area contributed by atoms with Gasteiger partial charge >= 0.3 is 17.1 Å². The molecule has 0 bridgehead atoms. The summed E-state index contributed by atoms with van der Waals surface area (Å²) in [7, 11) is 2.62. The van der Waals surface area contributed by atoms with Gasteiger partial charge < -0.3 is 18.9 Å². The Hall–Kier alpha value is -1.75. The fourth-order valence-electron chi connectivity index (χ4n) is 2.55. The van der Waals surface area contributed by atoms with Crippen molar-refractivity contribution in [3.8, 4) is 0 Å². The van der Waals surface area contributed by atoms with E-state index in [9.17, 15) is 14.4 Å². The van der Waals surface area contributed by atoms with Crippen LogP contribution in [0.3, 0.4) is 0 Å². The van der Waals surface area contributed by atoms with Gasteiger partial charge in [-0.3, -0.25) is 0 Å². The summed E-state index contributed by atoms with van der Waals surface area (Å²) in [6, 6.07) is 0. The van der Waals surface area contributed by atoms with Crippen molar-refractivity contribution in [1.82, 2.24) is 13.7 Å². The second-order valence-corrected chi connectivity index (χ2v) is 5.40. The summed E-state index contributed by atoms with van der Waals surface area (Å²) in [6.45, 7) is 2.73. The summed E-state index contributed by atoms with van der Waals surface area (Å²) in [5.74, 6) is -1.69. The first-order chi connectivity index (χ1) is 11.0. The van der Waals surface area contributed by atoms with Crippen LogP contribution >= 0.6 is 0 Å². The zero-order chi connectivity index (χ0) is 16.8. The van der Waals surface area contributed by atoms with Gasteiger partial charge in [0.2, 0.25) is 0 Å². The van der Waals surface area contributed by atoms with Crippen LogP contribution in [0.4, 0.5) is 0 Å². The maximum Gasteiger partial charge on any atom is 0.340 e. The van der Waals surface area contributed by atoms with Gasteiger partial charge in [-0.15, -0.1) is 0 Å². The fourth-order valence-corrected chi connectivity index (χ4v) is 2.55. The van der Waals surface area contributed by atoms with Gasteiger partial charge in [0.15, 0.2) is 6.10 Å². The smallest absolute Gasteiger partial charge is 0.340 e. The summed E-state index contributed by atoms with van der Waals surface area (Å²) in [4.78, 5) is 37.6. The number of hydrogen-bond acceptors (Lipinski definition) is 7. The highest BCUT2D eigenvalue weighted by atomic mass is 16.8. The Morgan fingerprint density at radius 2 is 1.83 bits per heavy atom. The third-order valence-corrected chi connectivity index (χ3v) is 3.90. The first-order valence-corrected chi connectivity index (χ1v) is 7.32. The minimum atomic E-state index is -1.69. The second kappa shape index (κ2) is 5.71. The van der Waals surface area contributed by atoms with Gasteiger partial charge in [0.1, 0.15) is 0 Å². The minimum Gasteiger partial charge on any atom is -0.371 e. The van der Waals surface area contributed by atoms with Crippen LogP contribution < -0.4 is 17.1 Å². The molecular formula is C13H19N3O7. The molecule has 2 aliphatic heterocycles. The fraction of sp³-hybridized carbons (Fsp3) is 0.769. The molecule has 10 heteroatoms. The maximum absolute atomic E-state index is 12.8. The molecule has 0 aliphatic carbocycles. The van der Waals surface area contributed by atoms with Crippen molar-refractivity contribution in [2.45, 2.75) is 31.6 Å². The third kappa shape index (κ3) is 2.57. The Bertz CT molecular complexity index is 771. The first kappa shape index (κ1) is 16.1. The summed E-state index contributed by atoms with van der Waals surface area (Å²) >= 11 is 0. The summed E-state index contributed by atoms with van der Waals surface area (Å²) in [6.07, 6.45) is -0.798. The van der Waals surface area contributed by atoms with Crippen molar-refractivity contribution < 1.29 is 18.9 Å². The normalized spacial score (nSPS) is 25.2. The highest BCUT2D eigenvalue weighted by Crippen LogP contribution is 2.31. The molecule has 10 nitrogen and oxygen atoms in total. The zero-order valence-electron chi connectivity index (χ0n) is 13.2. The van der Waals surface area contributed by atoms with Crippen LogP contribution in [0.5, 0.6) is 0 Å². The Balaban J connectivity index is 2.24. The summed E-state index contributed by atoms with van der Waals surface area (Å²) < 4.78 is 23.8. The molecule has 2 saturated heterocycles. The number of epoxide rings is 2. The number of rotatable bonds is 7. The largest absolute Gasteiger partial charge is 0.371 e. The molecule has 0 saturated carbocycles. The lowest BCUT2D eigenvalue weighted by Gasteiger charge is -2.31. The van der Waals surface area contributed by atoms with Crippen LogP contribution in [-0.2, 0) is 38.5 Å². The van der Waals surface area contributed by atoms with Gasteiger partial charge in [-0.2, -0.15) is 4.57 Å². The second-order valence-electron chi connectivity index (χ2n) is 5.40. The zero-order valence-corrected chi connectivity index (χ0v) is 13.2. The molecule has 0 N–H and O–H groups in total. The Morgan fingerprint density at radius 3 is 2.30 bits per heavy atom. The van der Waals surface area contributed by atoms with Crippen LogP contribution in [0.2, 0.25) is 0 Å². The van der Waals surface area contributed by atoms with E-state index in [0.717, 1.165) is 13.7 Å². The highest BCUT2D eigenvalue weighted by molar-refractivity contribution is 4.91. The van der Waals surface area contributed by atoms with E-state index >= 15 is 0 Å². The average Bonchev–Trinajstić information content (AvgIpc) is 3.41. The molecular weight excluding hydrogens is 310 g/mol. The standard InChI is InChI=1S/C13H19N3O7/c1-4-23-13(20-3,9-7-22-9)16-11(18)14(2)10(17)15(12(16)19)5-8-6-21-8/h8-9H,4-7H2,1-3H3. The van der Waals surface area contributed by atoms with E-state index in [1.807, 2.05) is 0 Å². The monoisotopic (exact) mass is 329 g/mol. The van der Waals surface area contributed by atoms with E-state index in [1.165, 1.54) is 14.2 Å². The summed E-state index contributed by atoms with van der Waals surface area (Å²) in [5, 5.41) is 0. The quantitative estimate of drug-likeness (QED) is 0.412. The molecule has 1 aromatic heterocycles. The third-order valence-electron chi connectivity index (χ3n) is 3.90. The molecule has 0 radical (unpaired) electrons. The van der Waals surface area contributed by atoms with Gasteiger partial charge in [-0.1, -0.05) is 0 Å².